The first-order valence-corrected chi connectivity index (χ1v) is 9.51. The maximum absolute atomic E-state index is 12.2. The molecule has 1 saturated carbocycles. The third kappa shape index (κ3) is 5.14. The summed E-state index contributed by atoms with van der Waals surface area (Å²) in [5.41, 5.74) is 0. The maximum atomic E-state index is 12.2. The van der Waals surface area contributed by atoms with Crippen molar-refractivity contribution in [3.05, 3.63) is 11.1 Å². The zero-order valence-electron chi connectivity index (χ0n) is 13.9. The number of rotatable bonds is 6. The highest BCUT2D eigenvalue weighted by Crippen LogP contribution is 2.25. The van der Waals surface area contributed by atoms with Crippen molar-refractivity contribution in [3.8, 4) is 0 Å². The van der Waals surface area contributed by atoms with Crippen LogP contribution in [0.25, 0.3) is 0 Å². The van der Waals surface area contributed by atoms with Crippen LogP contribution in [0.2, 0.25) is 0 Å². The van der Waals surface area contributed by atoms with Crippen LogP contribution < -0.4 is 10.6 Å². The zero-order chi connectivity index (χ0) is 16.8. The van der Waals surface area contributed by atoms with Crippen LogP contribution in [0.1, 0.15) is 35.4 Å². The number of ether oxygens (including phenoxy) is 1. The Labute approximate surface area is 146 Å². The third-order valence-electron chi connectivity index (χ3n) is 4.57. The standard InChI is InChI=1S/C16H26N4O3S/c21-13-3-1-12(2-4-13)19-16-18-11-14(24-16)15(22)17-5-6-20-7-9-23-10-8-20/h11-13,21H,1-10H2,(H,17,22)(H,18,19). The van der Waals surface area contributed by atoms with Crippen LogP contribution in [0.15, 0.2) is 6.20 Å². The fourth-order valence-electron chi connectivity index (χ4n) is 3.08. The van der Waals surface area contributed by atoms with E-state index in [0.29, 0.717) is 17.5 Å². The number of aromatic nitrogens is 1. The van der Waals surface area contributed by atoms with E-state index in [2.05, 4.69) is 20.5 Å². The van der Waals surface area contributed by atoms with Gasteiger partial charge in [0.1, 0.15) is 4.88 Å². The molecule has 1 amide bonds. The quantitative estimate of drug-likeness (QED) is 0.704. The van der Waals surface area contributed by atoms with Crippen LogP contribution >= 0.6 is 11.3 Å². The Bertz CT molecular complexity index is 525. The number of carbonyl (C=O) groups excluding carboxylic acids is 1. The summed E-state index contributed by atoms with van der Waals surface area (Å²) >= 11 is 1.39. The molecular formula is C16H26N4O3S. The minimum absolute atomic E-state index is 0.0622. The van der Waals surface area contributed by atoms with Crippen LogP contribution in [0, 0.1) is 0 Å². The number of nitrogens with one attached hydrogen (secondary N) is 2. The largest absolute Gasteiger partial charge is 0.393 e. The summed E-state index contributed by atoms with van der Waals surface area (Å²) < 4.78 is 5.31. The Morgan fingerprint density at radius 2 is 2.08 bits per heavy atom. The molecule has 2 fully saturated rings. The fourth-order valence-corrected chi connectivity index (χ4v) is 3.89. The average Bonchev–Trinajstić information content (AvgIpc) is 3.06. The number of thiazole rings is 1. The summed E-state index contributed by atoms with van der Waals surface area (Å²) in [5, 5.41) is 16.7. The molecule has 7 nitrogen and oxygen atoms in total. The van der Waals surface area contributed by atoms with Crippen LogP contribution in [0.5, 0.6) is 0 Å². The summed E-state index contributed by atoms with van der Waals surface area (Å²) in [5.74, 6) is -0.0622. The van der Waals surface area contributed by atoms with Gasteiger partial charge in [0, 0.05) is 32.2 Å². The van der Waals surface area contributed by atoms with E-state index in [0.717, 1.165) is 63.7 Å². The van der Waals surface area contributed by atoms with Gasteiger partial charge in [-0.2, -0.15) is 0 Å². The first-order valence-electron chi connectivity index (χ1n) is 8.69. The summed E-state index contributed by atoms with van der Waals surface area (Å²) in [6.07, 6.45) is 5.03. The highest BCUT2D eigenvalue weighted by molar-refractivity contribution is 7.17. The van der Waals surface area contributed by atoms with Crippen molar-refractivity contribution in [2.75, 3.05) is 44.7 Å². The Kier molecular flexibility index (Phi) is 6.42. The number of carbonyl (C=O) groups is 1. The normalized spacial score (nSPS) is 25.4. The lowest BCUT2D eigenvalue weighted by atomic mass is 9.93. The predicted octanol–water partition coefficient (Wildman–Crippen LogP) is 0.920. The van der Waals surface area contributed by atoms with E-state index in [-0.39, 0.29) is 12.0 Å². The molecule has 0 spiro atoms. The van der Waals surface area contributed by atoms with Crippen LogP contribution in [-0.4, -0.2) is 72.4 Å². The van der Waals surface area contributed by atoms with E-state index in [4.69, 9.17) is 4.74 Å². The van der Waals surface area contributed by atoms with Gasteiger partial charge in [0.25, 0.3) is 5.91 Å². The Balaban J connectivity index is 1.40. The van der Waals surface area contributed by atoms with Gasteiger partial charge >= 0.3 is 0 Å². The molecule has 0 unspecified atom stereocenters. The number of hydrogen-bond acceptors (Lipinski definition) is 7. The van der Waals surface area contributed by atoms with E-state index in [1.165, 1.54) is 11.3 Å². The highest BCUT2D eigenvalue weighted by Gasteiger charge is 2.20. The molecule has 2 heterocycles. The summed E-state index contributed by atoms with van der Waals surface area (Å²) in [7, 11) is 0. The van der Waals surface area contributed by atoms with Crippen molar-refractivity contribution in [1.29, 1.82) is 0 Å². The summed E-state index contributed by atoms with van der Waals surface area (Å²) in [4.78, 5) is 19.4. The van der Waals surface area contributed by atoms with E-state index >= 15 is 0 Å². The number of aliphatic hydroxyl groups is 1. The van der Waals surface area contributed by atoms with E-state index in [1.54, 1.807) is 6.20 Å². The van der Waals surface area contributed by atoms with Gasteiger partial charge in [-0.1, -0.05) is 11.3 Å². The van der Waals surface area contributed by atoms with Gasteiger partial charge in [0.05, 0.1) is 25.5 Å². The van der Waals surface area contributed by atoms with Gasteiger partial charge < -0.3 is 20.5 Å². The Morgan fingerprint density at radius 3 is 2.83 bits per heavy atom. The number of hydrogen-bond donors (Lipinski definition) is 3. The van der Waals surface area contributed by atoms with Crippen molar-refractivity contribution >= 4 is 22.4 Å². The van der Waals surface area contributed by atoms with Gasteiger partial charge in [-0.05, 0) is 25.7 Å². The number of morpholine rings is 1. The molecule has 2 aliphatic rings. The first kappa shape index (κ1) is 17.6. The van der Waals surface area contributed by atoms with Gasteiger partial charge in [-0.3, -0.25) is 9.69 Å². The number of nitrogens with zero attached hydrogens (tertiary/aromatic N) is 2. The monoisotopic (exact) mass is 354 g/mol. The van der Waals surface area contributed by atoms with Gasteiger partial charge in [0.15, 0.2) is 5.13 Å². The SMILES string of the molecule is O=C(NCCN1CCOCC1)c1cnc(NC2CCC(O)CC2)s1. The zero-order valence-corrected chi connectivity index (χ0v) is 14.7. The molecule has 1 aliphatic carbocycles. The van der Waals surface area contributed by atoms with Gasteiger partial charge in [-0.15, -0.1) is 0 Å². The molecule has 0 radical (unpaired) electrons. The van der Waals surface area contributed by atoms with Crippen molar-refractivity contribution in [2.45, 2.75) is 37.8 Å². The molecule has 1 aromatic rings. The van der Waals surface area contributed by atoms with Gasteiger partial charge in [-0.25, -0.2) is 4.98 Å². The van der Waals surface area contributed by atoms with E-state index in [1.807, 2.05) is 0 Å². The molecule has 134 valence electrons. The smallest absolute Gasteiger partial charge is 0.263 e. The molecule has 0 bridgehead atoms. The maximum Gasteiger partial charge on any atom is 0.263 e. The second-order valence-corrected chi connectivity index (χ2v) is 7.42. The molecule has 0 atom stereocenters. The number of amides is 1. The first-order chi connectivity index (χ1) is 11.7. The molecule has 3 N–H and O–H groups in total. The molecule has 3 rings (SSSR count). The lowest BCUT2D eigenvalue weighted by Gasteiger charge is -2.26. The average molecular weight is 354 g/mol. The van der Waals surface area contributed by atoms with Crippen molar-refractivity contribution in [1.82, 2.24) is 15.2 Å². The predicted molar refractivity (Wildman–Crippen MR) is 93.6 cm³/mol. The molecule has 1 aliphatic heterocycles. The number of aliphatic hydroxyl groups excluding tert-OH is 1. The van der Waals surface area contributed by atoms with Gasteiger partial charge in [0.2, 0.25) is 0 Å². The van der Waals surface area contributed by atoms with Crippen LogP contribution in [0.4, 0.5) is 5.13 Å². The van der Waals surface area contributed by atoms with Crippen LogP contribution in [0.3, 0.4) is 0 Å². The highest BCUT2D eigenvalue weighted by atomic mass is 32.1. The van der Waals surface area contributed by atoms with E-state index in [9.17, 15) is 9.90 Å². The lowest BCUT2D eigenvalue weighted by Crippen LogP contribution is -2.41. The van der Waals surface area contributed by atoms with E-state index < -0.39 is 0 Å². The molecular weight excluding hydrogens is 328 g/mol. The topological polar surface area (TPSA) is 86.7 Å². The molecule has 1 aromatic heterocycles. The summed E-state index contributed by atoms with van der Waals surface area (Å²) in [6.45, 7) is 4.90. The summed E-state index contributed by atoms with van der Waals surface area (Å²) in [6, 6.07) is 0.344. The minimum atomic E-state index is -0.160. The minimum Gasteiger partial charge on any atom is -0.393 e. The number of anilines is 1. The second-order valence-electron chi connectivity index (χ2n) is 6.39. The molecule has 1 saturated heterocycles. The van der Waals surface area contributed by atoms with Crippen molar-refractivity contribution in [3.63, 3.8) is 0 Å². The van der Waals surface area contributed by atoms with Crippen molar-refractivity contribution < 1.29 is 14.6 Å². The Hall–Kier alpha value is -1.22. The fraction of sp³-hybridized carbons (Fsp3) is 0.750. The molecule has 24 heavy (non-hydrogen) atoms. The Morgan fingerprint density at radius 1 is 1.33 bits per heavy atom. The second kappa shape index (κ2) is 8.75. The molecule has 8 heteroatoms. The molecule has 0 aromatic carbocycles. The third-order valence-corrected chi connectivity index (χ3v) is 5.50. The van der Waals surface area contributed by atoms with Crippen LogP contribution in [-0.2, 0) is 4.74 Å². The van der Waals surface area contributed by atoms with Crippen molar-refractivity contribution in [2.24, 2.45) is 0 Å². The lowest BCUT2D eigenvalue weighted by molar-refractivity contribution is 0.0383.